The fraction of sp³-hybridized carbons (Fsp3) is 0.214. The molecule has 0 atom stereocenters. The Bertz CT molecular complexity index is 710. The third-order valence-electron chi connectivity index (χ3n) is 2.94. The van der Waals surface area contributed by atoms with Crippen molar-refractivity contribution in [3.8, 4) is 0 Å². The summed E-state index contributed by atoms with van der Waals surface area (Å²) in [6, 6.07) is 9.19. The molecule has 0 saturated heterocycles. The molecule has 0 bridgehead atoms. The molecule has 0 unspecified atom stereocenters. The lowest BCUT2D eigenvalue weighted by atomic mass is 10.2. The van der Waals surface area contributed by atoms with Crippen LogP contribution in [0, 0.1) is 6.92 Å². The zero-order valence-electron chi connectivity index (χ0n) is 11.6. The van der Waals surface area contributed by atoms with Crippen LogP contribution in [0.3, 0.4) is 0 Å². The molecule has 0 aliphatic heterocycles. The summed E-state index contributed by atoms with van der Waals surface area (Å²) < 4.78 is 1.00. The third-order valence-corrected chi connectivity index (χ3v) is 2.94. The van der Waals surface area contributed by atoms with E-state index in [1.807, 2.05) is 31.2 Å². The summed E-state index contributed by atoms with van der Waals surface area (Å²) in [5.74, 6) is 0.349. The SMILES string of the molecule is Cc1ccc(/C=N/N(C)c2cc(=O)n(C)c(=O)[nH]2)cc1. The van der Waals surface area contributed by atoms with Gasteiger partial charge in [-0.3, -0.25) is 19.4 Å². The highest BCUT2D eigenvalue weighted by molar-refractivity contribution is 5.80. The summed E-state index contributed by atoms with van der Waals surface area (Å²) >= 11 is 0. The maximum absolute atomic E-state index is 11.5. The van der Waals surface area contributed by atoms with Crippen LogP contribution in [0.5, 0.6) is 0 Å². The number of hydrogen-bond acceptors (Lipinski definition) is 4. The lowest BCUT2D eigenvalue weighted by Crippen LogP contribution is -2.33. The summed E-state index contributed by atoms with van der Waals surface area (Å²) in [5, 5.41) is 5.64. The van der Waals surface area contributed by atoms with E-state index in [1.54, 1.807) is 13.3 Å². The van der Waals surface area contributed by atoms with E-state index >= 15 is 0 Å². The second kappa shape index (κ2) is 5.56. The first kappa shape index (κ1) is 13.8. The minimum atomic E-state index is -0.468. The highest BCUT2D eigenvalue weighted by atomic mass is 16.2. The van der Waals surface area contributed by atoms with Gasteiger partial charge in [0.1, 0.15) is 5.82 Å². The summed E-state index contributed by atoms with van der Waals surface area (Å²) in [6.45, 7) is 2.01. The number of nitrogens with zero attached hydrogens (tertiary/aromatic N) is 3. The van der Waals surface area contributed by atoms with Gasteiger partial charge in [-0.2, -0.15) is 5.10 Å². The number of aryl methyl sites for hydroxylation is 1. The van der Waals surface area contributed by atoms with E-state index < -0.39 is 5.69 Å². The van der Waals surface area contributed by atoms with Gasteiger partial charge in [-0.15, -0.1) is 0 Å². The summed E-state index contributed by atoms with van der Waals surface area (Å²) in [6.07, 6.45) is 1.66. The van der Waals surface area contributed by atoms with Crippen molar-refractivity contribution in [3.63, 3.8) is 0 Å². The molecule has 1 aromatic heterocycles. The molecule has 6 heteroatoms. The smallest absolute Gasteiger partial charge is 0.292 e. The minimum absolute atomic E-state index is 0.349. The van der Waals surface area contributed by atoms with E-state index in [1.165, 1.54) is 23.7 Å². The van der Waals surface area contributed by atoms with Gasteiger partial charge < -0.3 is 0 Å². The Morgan fingerprint density at radius 2 is 1.90 bits per heavy atom. The molecule has 20 heavy (non-hydrogen) atoms. The van der Waals surface area contributed by atoms with Gasteiger partial charge in [0.15, 0.2) is 0 Å². The van der Waals surface area contributed by atoms with Crippen LogP contribution >= 0.6 is 0 Å². The number of anilines is 1. The average molecular weight is 272 g/mol. The average Bonchev–Trinajstić information content (AvgIpc) is 2.43. The van der Waals surface area contributed by atoms with E-state index in [0.717, 1.165) is 10.1 Å². The van der Waals surface area contributed by atoms with Crippen LogP contribution in [0.4, 0.5) is 5.82 Å². The summed E-state index contributed by atoms with van der Waals surface area (Å²) in [7, 11) is 3.08. The first-order chi connectivity index (χ1) is 9.47. The number of hydrazone groups is 1. The van der Waals surface area contributed by atoms with Gasteiger partial charge in [-0.25, -0.2) is 4.79 Å². The quantitative estimate of drug-likeness (QED) is 0.665. The normalized spacial score (nSPS) is 10.9. The van der Waals surface area contributed by atoms with Crippen LogP contribution in [0.15, 0.2) is 45.0 Å². The molecule has 0 radical (unpaired) electrons. The van der Waals surface area contributed by atoms with Gasteiger partial charge in [0.2, 0.25) is 0 Å². The third kappa shape index (κ3) is 3.03. The zero-order valence-corrected chi connectivity index (χ0v) is 11.6. The molecule has 6 nitrogen and oxygen atoms in total. The van der Waals surface area contributed by atoms with Gasteiger partial charge in [0.25, 0.3) is 5.56 Å². The molecule has 0 spiro atoms. The van der Waals surface area contributed by atoms with E-state index in [0.29, 0.717) is 5.82 Å². The highest BCUT2D eigenvalue weighted by Gasteiger charge is 2.03. The molecule has 0 aliphatic carbocycles. The fourth-order valence-electron chi connectivity index (χ4n) is 1.59. The Kier molecular flexibility index (Phi) is 3.84. The van der Waals surface area contributed by atoms with E-state index in [4.69, 9.17) is 0 Å². The standard InChI is InChI=1S/C14H16N4O2/c1-10-4-6-11(7-5-10)9-15-18(3)12-8-13(19)17(2)14(20)16-12/h4-9H,1-3H3,(H,16,20)/b15-9+. The predicted octanol–water partition coefficient (Wildman–Crippen LogP) is 0.852. The van der Waals surface area contributed by atoms with E-state index in [9.17, 15) is 9.59 Å². The lowest BCUT2D eigenvalue weighted by Gasteiger charge is -2.12. The monoisotopic (exact) mass is 272 g/mol. The van der Waals surface area contributed by atoms with Crippen molar-refractivity contribution >= 4 is 12.0 Å². The van der Waals surface area contributed by atoms with Crippen LogP contribution < -0.4 is 16.3 Å². The number of benzene rings is 1. The Morgan fingerprint density at radius 3 is 2.50 bits per heavy atom. The van der Waals surface area contributed by atoms with Crippen LogP contribution in [-0.2, 0) is 7.05 Å². The van der Waals surface area contributed by atoms with Gasteiger partial charge in [0.05, 0.1) is 6.21 Å². The van der Waals surface area contributed by atoms with Crippen molar-refractivity contribution in [2.24, 2.45) is 12.1 Å². The first-order valence-electron chi connectivity index (χ1n) is 6.12. The maximum atomic E-state index is 11.5. The van der Waals surface area contributed by atoms with Crippen LogP contribution in [0.1, 0.15) is 11.1 Å². The van der Waals surface area contributed by atoms with Gasteiger partial charge in [-0.05, 0) is 12.5 Å². The van der Waals surface area contributed by atoms with Crippen LogP contribution in [0.25, 0.3) is 0 Å². The van der Waals surface area contributed by atoms with Gasteiger partial charge in [0, 0.05) is 20.2 Å². The molecule has 1 aromatic carbocycles. The molecule has 1 heterocycles. The first-order valence-corrected chi connectivity index (χ1v) is 6.12. The molecule has 0 aliphatic rings. The lowest BCUT2D eigenvalue weighted by molar-refractivity contribution is 0.766. The number of nitrogens with one attached hydrogen (secondary N) is 1. The summed E-state index contributed by atoms with van der Waals surface area (Å²) in [4.78, 5) is 25.6. The molecule has 2 aromatic rings. The van der Waals surface area contributed by atoms with Crippen molar-refractivity contribution in [2.45, 2.75) is 6.92 Å². The minimum Gasteiger partial charge on any atom is -0.292 e. The Morgan fingerprint density at radius 1 is 1.25 bits per heavy atom. The Balaban J connectivity index is 2.24. The van der Waals surface area contributed by atoms with E-state index in [-0.39, 0.29) is 5.56 Å². The molecule has 0 saturated carbocycles. The van der Waals surface area contributed by atoms with Gasteiger partial charge in [-0.1, -0.05) is 29.8 Å². The van der Waals surface area contributed by atoms with Crippen molar-refractivity contribution in [1.29, 1.82) is 0 Å². The molecule has 0 fully saturated rings. The largest absolute Gasteiger partial charge is 0.329 e. The number of H-pyrrole nitrogens is 1. The number of hydrogen-bond donors (Lipinski definition) is 1. The molecular formula is C14H16N4O2. The maximum Gasteiger partial charge on any atom is 0.329 e. The Hall–Kier alpha value is -2.63. The van der Waals surface area contributed by atoms with Crippen LogP contribution in [-0.4, -0.2) is 22.8 Å². The van der Waals surface area contributed by atoms with Crippen molar-refractivity contribution in [1.82, 2.24) is 9.55 Å². The van der Waals surface area contributed by atoms with Gasteiger partial charge >= 0.3 is 5.69 Å². The summed E-state index contributed by atoms with van der Waals surface area (Å²) in [5.41, 5.74) is 1.27. The van der Waals surface area contributed by atoms with Crippen molar-refractivity contribution in [2.75, 3.05) is 12.1 Å². The van der Waals surface area contributed by atoms with Crippen molar-refractivity contribution in [3.05, 3.63) is 62.3 Å². The second-order valence-electron chi connectivity index (χ2n) is 4.54. The van der Waals surface area contributed by atoms with Crippen molar-refractivity contribution < 1.29 is 0 Å². The highest BCUT2D eigenvalue weighted by Crippen LogP contribution is 2.04. The molecule has 1 N–H and O–H groups in total. The predicted molar refractivity (Wildman–Crippen MR) is 79.5 cm³/mol. The molecule has 104 valence electrons. The molecule has 0 amide bonds. The fourth-order valence-corrected chi connectivity index (χ4v) is 1.59. The number of rotatable bonds is 3. The number of aromatic nitrogens is 2. The van der Waals surface area contributed by atoms with E-state index in [2.05, 4.69) is 10.1 Å². The number of aromatic amines is 1. The molecular weight excluding hydrogens is 256 g/mol. The topological polar surface area (TPSA) is 70.5 Å². The molecule has 2 rings (SSSR count). The zero-order chi connectivity index (χ0) is 14.7. The second-order valence-corrected chi connectivity index (χ2v) is 4.54. The Labute approximate surface area is 116 Å². The van der Waals surface area contributed by atoms with Crippen LogP contribution in [0.2, 0.25) is 0 Å².